The van der Waals surface area contributed by atoms with Crippen LogP contribution in [0, 0.1) is 24.7 Å². The molecule has 0 saturated carbocycles. The fraction of sp³-hybridized carbons (Fsp3) is 0.238. The zero-order valence-electron chi connectivity index (χ0n) is 14.5. The van der Waals surface area contributed by atoms with E-state index in [0.717, 1.165) is 11.1 Å². The number of hydrogen-bond donors (Lipinski definition) is 1. The smallest absolute Gasteiger partial charge is 0.169 e. The van der Waals surface area contributed by atoms with Crippen LogP contribution in [0.1, 0.15) is 11.1 Å². The van der Waals surface area contributed by atoms with Crippen molar-refractivity contribution in [2.45, 2.75) is 13.2 Å². The molecule has 0 atom stereocenters. The second-order valence-electron chi connectivity index (χ2n) is 5.24. The first-order valence-electron chi connectivity index (χ1n) is 7.87. The van der Waals surface area contributed by atoms with E-state index in [-0.39, 0.29) is 25.6 Å². The van der Waals surface area contributed by atoms with Gasteiger partial charge in [0.15, 0.2) is 11.5 Å². The van der Waals surface area contributed by atoms with Crippen LogP contribution in [0.15, 0.2) is 36.4 Å². The maximum atomic E-state index is 9.79. The van der Waals surface area contributed by atoms with Gasteiger partial charge in [-0.3, -0.25) is 0 Å². The molecule has 0 unspecified atom stereocenters. The highest BCUT2D eigenvalue weighted by Gasteiger charge is 2.14. The van der Waals surface area contributed by atoms with Gasteiger partial charge in [-0.15, -0.1) is 12.8 Å². The Morgan fingerprint density at radius 1 is 0.923 bits per heavy atom. The van der Waals surface area contributed by atoms with Gasteiger partial charge < -0.3 is 24.1 Å². The maximum absolute atomic E-state index is 9.79. The molecule has 1 N–H and O–H groups in total. The summed E-state index contributed by atoms with van der Waals surface area (Å²) in [5.41, 5.74) is 1.54. The SMILES string of the molecule is C#CCOCc1ccc(O)cc1Oc1cccc(COCC#C)c1OC. The van der Waals surface area contributed by atoms with Crippen LogP contribution in [0.3, 0.4) is 0 Å². The topological polar surface area (TPSA) is 57.2 Å². The molecule has 0 saturated heterocycles. The summed E-state index contributed by atoms with van der Waals surface area (Å²) in [5, 5.41) is 9.79. The van der Waals surface area contributed by atoms with E-state index >= 15 is 0 Å². The summed E-state index contributed by atoms with van der Waals surface area (Å²) in [7, 11) is 1.55. The summed E-state index contributed by atoms with van der Waals surface area (Å²) < 4.78 is 22.2. The largest absolute Gasteiger partial charge is 0.508 e. The van der Waals surface area contributed by atoms with Crippen LogP contribution in [0.4, 0.5) is 0 Å². The molecule has 0 aromatic heterocycles. The van der Waals surface area contributed by atoms with E-state index in [1.807, 2.05) is 12.1 Å². The highest BCUT2D eigenvalue weighted by atomic mass is 16.5. The number of terminal acetylenes is 2. The van der Waals surface area contributed by atoms with Gasteiger partial charge in [-0.25, -0.2) is 0 Å². The Balaban J connectivity index is 2.27. The van der Waals surface area contributed by atoms with Crippen molar-refractivity contribution in [2.75, 3.05) is 20.3 Å². The molecule has 0 heterocycles. The fourth-order valence-corrected chi connectivity index (χ4v) is 2.30. The molecule has 0 aliphatic heterocycles. The number of phenols is 1. The molecule has 0 fully saturated rings. The van der Waals surface area contributed by atoms with Crippen molar-refractivity contribution < 1.29 is 24.1 Å². The molecule has 0 spiro atoms. The van der Waals surface area contributed by atoms with Gasteiger partial charge in [-0.1, -0.05) is 24.0 Å². The Bertz CT molecular complexity index is 814. The average molecular weight is 352 g/mol. The zero-order valence-corrected chi connectivity index (χ0v) is 14.5. The highest BCUT2D eigenvalue weighted by Crippen LogP contribution is 2.37. The quantitative estimate of drug-likeness (QED) is 0.553. The van der Waals surface area contributed by atoms with Crippen LogP contribution in [0.5, 0.6) is 23.0 Å². The number of rotatable bonds is 9. The molecule has 0 aliphatic carbocycles. The van der Waals surface area contributed by atoms with Crippen molar-refractivity contribution in [1.82, 2.24) is 0 Å². The van der Waals surface area contributed by atoms with Crippen molar-refractivity contribution in [2.24, 2.45) is 0 Å². The lowest BCUT2D eigenvalue weighted by Crippen LogP contribution is -2.00. The second kappa shape index (κ2) is 10.0. The van der Waals surface area contributed by atoms with E-state index in [9.17, 15) is 5.11 Å². The van der Waals surface area contributed by atoms with Crippen molar-refractivity contribution in [3.05, 3.63) is 47.5 Å². The third kappa shape index (κ3) is 5.19. The molecular weight excluding hydrogens is 332 g/mol. The molecule has 2 rings (SSSR count). The molecule has 134 valence electrons. The van der Waals surface area contributed by atoms with E-state index < -0.39 is 0 Å². The summed E-state index contributed by atoms with van der Waals surface area (Å²) >= 11 is 0. The summed E-state index contributed by atoms with van der Waals surface area (Å²) in [6.45, 7) is 0.943. The van der Waals surface area contributed by atoms with Gasteiger partial charge in [0.05, 0.1) is 20.3 Å². The zero-order chi connectivity index (χ0) is 18.8. The Morgan fingerprint density at radius 2 is 1.62 bits per heavy atom. The molecule has 0 aliphatic rings. The minimum absolute atomic E-state index is 0.0770. The number of para-hydroxylation sites is 1. The van der Waals surface area contributed by atoms with Gasteiger partial charge in [0.2, 0.25) is 0 Å². The molecule has 0 radical (unpaired) electrons. The summed E-state index contributed by atoms with van der Waals surface area (Å²) in [6, 6.07) is 10.2. The van der Waals surface area contributed by atoms with E-state index in [2.05, 4.69) is 11.8 Å². The number of aromatic hydroxyl groups is 1. The molecular formula is C21H20O5. The first kappa shape index (κ1) is 19.2. The van der Waals surface area contributed by atoms with E-state index in [0.29, 0.717) is 23.9 Å². The second-order valence-corrected chi connectivity index (χ2v) is 5.24. The van der Waals surface area contributed by atoms with Crippen molar-refractivity contribution in [3.8, 4) is 47.7 Å². The van der Waals surface area contributed by atoms with Crippen LogP contribution in [0.2, 0.25) is 0 Å². The van der Waals surface area contributed by atoms with Crippen molar-refractivity contribution in [3.63, 3.8) is 0 Å². The minimum Gasteiger partial charge on any atom is -0.508 e. The number of ether oxygens (including phenoxy) is 4. The standard InChI is InChI=1S/C21H20O5/c1-4-11-24-14-16-9-10-18(22)13-20(16)26-19-8-6-7-17(21(19)23-3)15-25-12-5-2/h1-2,6-10,13,22H,11-12,14-15H2,3H3. The molecule has 5 heteroatoms. The van der Waals surface area contributed by atoms with Crippen LogP contribution in [-0.2, 0) is 22.7 Å². The van der Waals surface area contributed by atoms with Gasteiger partial charge in [0, 0.05) is 17.2 Å². The van der Waals surface area contributed by atoms with Gasteiger partial charge in [-0.2, -0.15) is 0 Å². The minimum atomic E-state index is 0.0770. The number of methoxy groups -OCH3 is 1. The van der Waals surface area contributed by atoms with Gasteiger partial charge >= 0.3 is 0 Å². The third-order valence-corrected chi connectivity index (χ3v) is 3.42. The van der Waals surface area contributed by atoms with E-state index in [4.69, 9.17) is 31.8 Å². The Kier molecular flexibility index (Phi) is 7.39. The summed E-state index contributed by atoms with van der Waals surface area (Å²) in [5.74, 6) is 6.36. The molecule has 0 bridgehead atoms. The van der Waals surface area contributed by atoms with Gasteiger partial charge in [0.25, 0.3) is 0 Å². The molecule has 2 aromatic carbocycles. The van der Waals surface area contributed by atoms with Crippen LogP contribution >= 0.6 is 0 Å². The predicted octanol–water partition coefficient (Wildman–Crippen LogP) is 3.49. The first-order valence-corrected chi connectivity index (χ1v) is 7.87. The normalized spacial score (nSPS) is 9.96. The van der Waals surface area contributed by atoms with Gasteiger partial charge in [0.1, 0.15) is 24.7 Å². The lowest BCUT2D eigenvalue weighted by Gasteiger charge is -2.16. The predicted molar refractivity (Wildman–Crippen MR) is 98.2 cm³/mol. The third-order valence-electron chi connectivity index (χ3n) is 3.42. The molecule has 5 nitrogen and oxygen atoms in total. The van der Waals surface area contributed by atoms with Crippen LogP contribution in [0.25, 0.3) is 0 Å². The van der Waals surface area contributed by atoms with Crippen LogP contribution < -0.4 is 9.47 Å². The van der Waals surface area contributed by atoms with Crippen LogP contribution in [-0.4, -0.2) is 25.4 Å². The fourth-order valence-electron chi connectivity index (χ4n) is 2.30. The Morgan fingerprint density at radius 3 is 2.27 bits per heavy atom. The number of phenolic OH excluding ortho intramolecular Hbond substituents is 1. The Labute approximate surface area is 153 Å². The first-order chi connectivity index (χ1) is 12.7. The summed E-state index contributed by atoms with van der Waals surface area (Å²) in [4.78, 5) is 0. The molecule has 0 amide bonds. The van der Waals surface area contributed by atoms with Gasteiger partial charge in [-0.05, 0) is 18.2 Å². The molecule has 26 heavy (non-hydrogen) atoms. The lowest BCUT2D eigenvalue weighted by atomic mass is 10.1. The summed E-state index contributed by atoms with van der Waals surface area (Å²) in [6.07, 6.45) is 10.4. The Hall–Kier alpha value is -3.12. The highest BCUT2D eigenvalue weighted by molar-refractivity contribution is 5.50. The lowest BCUT2D eigenvalue weighted by molar-refractivity contribution is 0.149. The average Bonchev–Trinajstić information content (AvgIpc) is 2.64. The number of benzene rings is 2. The van der Waals surface area contributed by atoms with E-state index in [1.54, 1.807) is 25.3 Å². The monoisotopic (exact) mass is 352 g/mol. The maximum Gasteiger partial charge on any atom is 0.169 e. The molecule has 2 aromatic rings. The van der Waals surface area contributed by atoms with E-state index in [1.165, 1.54) is 6.07 Å². The van der Waals surface area contributed by atoms with Crippen molar-refractivity contribution in [1.29, 1.82) is 0 Å². The number of hydrogen-bond acceptors (Lipinski definition) is 5. The van der Waals surface area contributed by atoms with Crippen molar-refractivity contribution >= 4 is 0 Å².